The summed E-state index contributed by atoms with van der Waals surface area (Å²) >= 11 is 3.38. The highest BCUT2D eigenvalue weighted by Gasteiger charge is 2.23. The summed E-state index contributed by atoms with van der Waals surface area (Å²) in [7, 11) is -3.71. The first kappa shape index (κ1) is 19.0. The molecule has 7 heteroatoms. The van der Waals surface area contributed by atoms with Gasteiger partial charge >= 0.3 is 0 Å². The maximum atomic E-state index is 12.6. The highest BCUT2D eigenvalue weighted by molar-refractivity contribution is 9.10. The Hall–Kier alpha value is -1.73. The number of rotatable bonds is 5. The molecule has 1 saturated carbocycles. The molecule has 0 atom stereocenters. The third kappa shape index (κ3) is 4.71. The number of aromatic nitrogens is 1. The molecular formula is C19H22BrN3O2S. The van der Waals surface area contributed by atoms with Gasteiger partial charge in [0.1, 0.15) is 4.60 Å². The zero-order chi connectivity index (χ0) is 18.6. The minimum Gasteiger partial charge on any atom is -0.240 e. The highest BCUT2D eigenvalue weighted by Crippen LogP contribution is 2.27. The summed E-state index contributed by atoms with van der Waals surface area (Å²) in [5.74, 6) is 0.214. The van der Waals surface area contributed by atoms with Crippen LogP contribution in [0.25, 0.3) is 0 Å². The smallest absolute Gasteiger partial charge is 0.240 e. The van der Waals surface area contributed by atoms with Crippen molar-refractivity contribution in [2.24, 2.45) is 11.0 Å². The van der Waals surface area contributed by atoms with E-state index in [9.17, 15) is 8.42 Å². The predicted octanol–water partition coefficient (Wildman–Crippen LogP) is 4.42. The molecule has 2 aromatic rings. The Labute approximate surface area is 163 Å². The van der Waals surface area contributed by atoms with Crippen LogP contribution in [0.2, 0.25) is 0 Å². The van der Waals surface area contributed by atoms with E-state index in [1.165, 1.54) is 6.42 Å². The van der Waals surface area contributed by atoms with E-state index in [4.69, 9.17) is 0 Å². The summed E-state index contributed by atoms with van der Waals surface area (Å²) in [5.41, 5.74) is 2.42. The molecule has 0 radical (unpaired) electrons. The van der Waals surface area contributed by atoms with Crippen molar-refractivity contribution in [3.05, 3.63) is 58.3 Å². The molecule has 1 N–H and O–H groups in total. The molecule has 26 heavy (non-hydrogen) atoms. The fourth-order valence-corrected chi connectivity index (χ4v) is 4.33. The molecule has 1 aliphatic carbocycles. The van der Waals surface area contributed by atoms with Crippen LogP contribution >= 0.6 is 15.9 Å². The number of benzene rings is 1. The van der Waals surface area contributed by atoms with Crippen LogP contribution in [0.1, 0.15) is 43.4 Å². The normalized spacial score (nSPS) is 16.5. The van der Waals surface area contributed by atoms with Crippen molar-refractivity contribution in [3.8, 4) is 0 Å². The van der Waals surface area contributed by atoms with Gasteiger partial charge in [0, 0.05) is 5.92 Å². The Morgan fingerprint density at radius 3 is 2.46 bits per heavy atom. The zero-order valence-electron chi connectivity index (χ0n) is 14.7. The van der Waals surface area contributed by atoms with Gasteiger partial charge in [0.05, 0.1) is 16.3 Å². The molecule has 0 saturated heterocycles. The first-order valence-corrected chi connectivity index (χ1v) is 11.0. The molecule has 5 nitrogen and oxygen atoms in total. The van der Waals surface area contributed by atoms with E-state index >= 15 is 0 Å². The third-order valence-electron chi connectivity index (χ3n) is 4.59. The third-order valence-corrected chi connectivity index (χ3v) is 6.25. The van der Waals surface area contributed by atoms with E-state index in [1.54, 1.807) is 24.3 Å². The second-order valence-corrected chi connectivity index (χ2v) is 9.06. The van der Waals surface area contributed by atoms with Crippen molar-refractivity contribution in [1.29, 1.82) is 0 Å². The highest BCUT2D eigenvalue weighted by atomic mass is 79.9. The molecule has 1 aromatic carbocycles. The van der Waals surface area contributed by atoms with Crippen LogP contribution in [0.4, 0.5) is 0 Å². The number of nitrogens with one attached hydrogen (secondary N) is 1. The van der Waals surface area contributed by atoms with Crippen molar-refractivity contribution in [2.45, 2.75) is 43.9 Å². The number of nitrogens with zero attached hydrogens (tertiary/aromatic N) is 2. The van der Waals surface area contributed by atoms with E-state index in [2.05, 4.69) is 30.8 Å². The van der Waals surface area contributed by atoms with Crippen molar-refractivity contribution >= 4 is 31.7 Å². The molecular weight excluding hydrogens is 414 g/mol. The molecule has 0 bridgehead atoms. The number of aryl methyl sites for hydroxylation is 1. The molecule has 0 amide bonds. The molecule has 1 aromatic heterocycles. The summed E-state index contributed by atoms with van der Waals surface area (Å²) in [4.78, 5) is 7.11. The van der Waals surface area contributed by atoms with Crippen LogP contribution in [0.5, 0.6) is 0 Å². The Morgan fingerprint density at radius 1 is 1.12 bits per heavy atom. The first-order chi connectivity index (χ1) is 12.5. The zero-order valence-corrected chi connectivity index (χ0v) is 17.1. The van der Waals surface area contributed by atoms with Gasteiger partial charge in [-0.1, -0.05) is 43.0 Å². The molecule has 0 unspecified atom stereocenters. The van der Waals surface area contributed by atoms with Gasteiger partial charge in [-0.25, -0.2) is 4.98 Å². The lowest BCUT2D eigenvalue weighted by Gasteiger charge is -2.23. The largest absolute Gasteiger partial charge is 0.276 e. The Morgan fingerprint density at radius 2 is 1.81 bits per heavy atom. The van der Waals surface area contributed by atoms with Gasteiger partial charge in [-0.05, 0) is 60.0 Å². The van der Waals surface area contributed by atoms with Crippen LogP contribution in [0.15, 0.2) is 57.1 Å². The first-order valence-electron chi connectivity index (χ1n) is 8.75. The SMILES string of the molecule is Cc1ccc(S(=O)(=O)N/N=C(/c2cccc(Br)n2)C2CCCCC2)cc1. The fourth-order valence-electron chi connectivity index (χ4n) is 3.16. The van der Waals surface area contributed by atoms with Crippen molar-refractivity contribution < 1.29 is 8.42 Å². The number of halogens is 1. The summed E-state index contributed by atoms with van der Waals surface area (Å²) in [6.45, 7) is 1.92. The summed E-state index contributed by atoms with van der Waals surface area (Å²) < 4.78 is 25.9. The van der Waals surface area contributed by atoms with Crippen molar-refractivity contribution in [2.75, 3.05) is 0 Å². The predicted molar refractivity (Wildman–Crippen MR) is 107 cm³/mol. The maximum Gasteiger partial charge on any atom is 0.276 e. The standard InChI is InChI=1S/C19H22BrN3O2S/c1-14-10-12-16(13-11-14)26(24,25)23-22-19(15-6-3-2-4-7-15)17-8-5-9-18(20)21-17/h5,8-13,15,23H,2-4,6-7H2,1H3/b22-19+. The van der Waals surface area contributed by atoms with Gasteiger partial charge in [-0.15, -0.1) is 0 Å². The van der Waals surface area contributed by atoms with Gasteiger partial charge in [0.15, 0.2) is 0 Å². The maximum absolute atomic E-state index is 12.6. The van der Waals surface area contributed by atoms with E-state index < -0.39 is 10.0 Å². The van der Waals surface area contributed by atoms with Crippen LogP contribution in [0.3, 0.4) is 0 Å². The second-order valence-electron chi connectivity index (χ2n) is 6.59. The van der Waals surface area contributed by atoms with E-state index in [-0.39, 0.29) is 10.8 Å². The summed E-state index contributed by atoms with van der Waals surface area (Å²) in [6.07, 6.45) is 5.47. The molecule has 1 aliphatic rings. The monoisotopic (exact) mass is 435 g/mol. The van der Waals surface area contributed by atoms with E-state index in [0.717, 1.165) is 31.2 Å². The van der Waals surface area contributed by atoms with Gasteiger partial charge in [0.25, 0.3) is 10.0 Å². The Bertz CT molecular complexity index is 889. The quantitative estimate of drug-likeness (QED) is 0.429. The lowest BCUT2D eigenvalue weighted by atomic mass is 9.84. The van der Waals surface area contributed by atoms with Crippen LogP contribution in [-0.4, -0.2) is 19.1 Å². The molecule has 138 valence electrons. The minimum absolute atomic E-state index is 0.206. The van der Waals surface area contributed by atoms with Crippen molar-refractivity contribution in [1.82, 2.24) is 9.82 Å². The minimum atomic E-state index is -3.71. The van der Waals surface area contributed by atoms with Gasteiger partial charge in [0.2, 0.25) is 0 Å². The van der Waals surface area contributed by atoms with E-state index in [0.29, 0.717) is 16.0 Å². The Kier molecular flexibility index (Phi) is 6.09. The number of hydrazone groups is 1. The number of pyridine rings is 1. The average molecular weight is 436 g/mol. The fraction of sp³-hybridized carbons (Fsp3) is 0.368. The average Bonchev–Trinajstić information content (AvgIpc) is 2.63. The number of hydrogen-bond donors (Lipinski definition) is 1. The number of hydrogen-bond acceptors (Lipinski definition) is 4. The Balaban J connectivity index is 1.91. The van der Waals surface area contributed by atoms with E-state index in [1.807, 2.05) is 25.1 Å². The second kappa shape index (κ2) is 8.31. The molecule has 0 spiro atoms. The number of sulfonamides is 1. The van der Waals surface area contributed by atoms with Crippen LogP contribution in [-0.2, 0) is 10.0 Å². The lowest BCUT2D eigenvalue weighted by Crippen LogP contribution is -2.26. The molecule has 1 heterocycles. The van der Waals surface area contributed by atoms with Crippen molar-refractivity contribution in [3.63, 3.8) is 0 Å². The van der Waals surface area contributed by atoms with Gasteiger partial charge < -0.3 is 0 Å². The lowest BCUT2D eigenvalue weighted by molar-refractivity contribution is 0.438. The topological polar surface area (TPSA) is 71.4 Å². The molecule has 1 fully saturated rings. The summed E-state index contributed by atoms with van der Waals surface area (Å²) in [6, 6.07) is 12.3. The van der Waals surface area contributed by atoms with Gasteiger partial charge in [-0.3, -0.25) is 0 Å². The van der Waals surface area contributed by atoms with Crippen LogP contribution in [0, 0.1) is 12.8 Å². The summed E-state index contributed by atoms with van der Waals surface area (Å²) in [5, 5.41) is 4.32. The molecule has 0 aliphatic heterocycles. The van der Waals surface area contributed by atoms with Crippen LogP contribution < -0.4 is 4.83 Å². The van der Waals surface area contributed by atoms with Gasteiger partial charge in [-0.2, -0.15) is 18.4 Å². The molecule has 3 rings (SSSR count).